The Bertz CT molecular complexity index is 217. The van der Waals surface area contributed by atoms with E-state index >= 15 is 0 Å². The van der Waals surface area contributed by atoms with Crippen molar-refractivity contribution in [3.63, 3.8) is 0 Å². The minimum absolute atomic E-state index is 0.829. The van der Waals surface area contributed by atoms with E-state index in [0.717, 1.165) is 36.0 Å². The van der Waals surface area contributed by atoms with Crippen LogP contribution in [0.3, 0.4) is 0 Å². The summed E-state index contributed by atoms with van der Waals surface area (Å²) in [6.45, 7) is 4.08. The molecule has 3 heteroatoms. The van der Waals surface area contributed by atoms with Crippen LogP contribution in [-0.2, 0) is 0 Å². The highest BCUT2D eigenvalue weighted by Crippen LogP contribution is 2.47. The summed E-state index contributed by atoms with van der Waals surface area (Å²) in [6.07, 6.45) is 5.87. The lowest BCUT2D eigenvalue weighted by molar-refractivity contribution is 0.332. The van der Waals surface area contributed by atoms with Crippen LogP contribution in [-0.4, -0.2) is 18.2 Å². The molecule has 0 saturated heterocycles. The first-order chi connectivity index (χ1) is 6.79. The largest absolute Gasteiger partial charge is 0.363 e. The quantitative estimate of drug-likeness (QED) is 0.699. The lowest BCUT2D eigenvalue weighted by Gasteiger charge is -2.22. The molecule has 0 radical (unpaired) electrons. The maximum atomic E-state index is 5.15. The molecule has 2 aliphatic rings. The Morgan fingerprint density at radius 1 is 1.29 bits per heavy atom. The van der Waals surface area contributed by atoms with E-state index in [1.165, 1.54) is 25.7 Å². The maximum Gasteiger partial charge on any atom is 0.166 e. The topological polar surface area (TPSA) is 24.1 Å². The smallest absolute Gasteiger partial charge is 0.166 e. The summed E-state index contributed by atoms with van der Waals surface area (Å²) >= 11 is 5.15. The van der Waals surface area contributed by atoms with Gasteiger partial charge in [-0.15, -0.1) is 0 Å². The normalized spacial score (nSPS) is 34.5. The molecule has 2 bridgehead atoms. The van der Waals surface area contributed by atoms with Crippen LogP contribution in [0.4, 0.5) is 0 Å². The van der Waals surface area contributed by atoms with Crippen molar-refractivity contribution in [1.29, 1.82) is 0 Å². The fourth-order valence-corrected chi connectivity index (χ4v) is 3.30. The number of fused-ring (bicyclic) bond motifs is 2. The standard InChI is InChI=1S/C11H20N2S/c1-2-12-11(14)13-7-10-6-8-3-4-9(10)5-8/h8-10H,2-7H2,1H3,(H2,12,13,14). The van der Waals surface area contributed by atoms with Crippen molar-refractivity contribution in [1.82, 2.24) is 10.6 Å². The number of hydrogen-bond donors (Lipinski definition) is 2. The average molecular weight is 212 g/mol. The Labute approximate surface area is 91.8 Å². The molecule has 0 aromatic heterocycles. The summed E-state index contributed by atoms with van der Waals surface area (Å²) < 4.78 is 0. The summed E-state index contributed by atoms with van der Waals surface area (Å²) in [5.41, 5.74) is 0. The van der Waals surface area contributed by atoms with E-state index < -0.39 is 0 Å². The van der Waals surface area contributed by atoms with E-state index in [0.29, 0.717) is 0 Å². The van der Waals surface area contributed by atoms with Gasteiger partial charge in [0.15, 0.2) is 5.11 Å². The summed E-state index contributed by atoms with van der Waals surface area (Å²) in [5, 5.41) is 7.29. The number of hydrogen-bond acceptors (Lipinski definition) is 1. The fraction of sp³-hybridized carbons (Fsp3) is 0.909. The van der Waals surface area contributed by atoms with Crippen molar-refractivity contribution >= 4 is 17.3 Å². The van der Waals surface area contributed by atoms with Crippen molar-refractivity contribution in [3.05, 3.63) is 0 Å². The predicted molar refractivity (Wildman–Crippen MR) is 63.2 cm³/mol. The van der Waals surface area contributed by atoms with E-state index in [4.69, 9.17) is 12.2 Å². The van der Waals surface area contributed by atoms with E-state index in [9.17, 15) is 0 Å². The molecule has 2 aliphatic carbocycles. The molecule has 2 N–H and O–H groups in total. The van der Waals surface area contributed by atoms with Crippen molar-refractivity contribution in [2.75, 3.05) is 13.1 Å². The second-order valence-electron chi connectivity index (χ2n) is 4.68. The molecule has 2 saturated carbocycles. The van der Waals surface area contributed by atoms with E-state index in [-0.39, 0.29) is 0 Å². The zero-order valence-electron chi connectivity index (χ0n) is 8.88. The molecular weight excluding hydrogens is 192 g/mol. The Kier molecular flexibility index (Phi) is 3.26. The third-order valence-electron chi connectivity index (χ3n) is 3.75. The molecular formula is C11H20N2S. The van der Waals surface area contributed by atoms with Crippen molar-refractivity contribution in [2.24, 2.45) is 17.8 Å². The lowest BCUT2D eigenvalue weighted by atomic mass is 9.89. The van der Waals surface area contributed by atoms with Crippen LogP contribution in [0, 0.1) is 17.8 Å². The molecule has 3 atom stereocenters. The van der Waals surface area contributed by atoms with Gasteiger partial charge in [-0.05, 0) is 56.2 Å². The highest BCUT2D eigenvalue weighted by atomic mass is 32.1. The van der Waals surface area contributed by atoms with E-state index in [1.807, 2.05) is 0 Å². The SMILES string of the molecule is CCNC(=S)NCC1CC2CCC1C2. The van der Waals surface area contributed by atoms with Gasteiger partial charge in [-0.1, -0.05) is 6.42 Å². The molecule has 2 fully saturated rings. The third-order valence-corrected chi connectivity index (χ3v) is 4.04. The van der Waals surface area contributed by atoms with Gasteiger partial charge in [-0.3, -0.25) is 0 Å². The minimum Gasteiger partial charge on any atom is -0.363 e. The predicted octanol–water partition coefficient (Wildman–Crippen LogP) is 1.91. The Morgan fingerprint density at radius 2 is 2.14 bits per heavy atom. The maximum absolute atomic E-state index is 5.15. The summed E-state index contributed by atoms with van der Waals surface area (Å²) in [5.74, 6) is 2.93. The number of rotatable bonds is 3. The van der Waals surface area contributed by atoms with Gasteiger partial charge in [0.25, 0.3) is 0 Å². The third kappa shape index (κ3) is 2.19. The van der Waals surface area contributed by atoms with Crippen LogP contribution in [0.5, 0.6) is 0 Å². The monoisotopic (exact) mass is 212 g/mol. The van der Waals surface area contributed by atoms with Gasteiger partial charge >= 0.3 is 0 Å². The van der Waals surface area contributed by atoms with Crippen molar-refractivity contribution in [2.45, 2.75) is 32.6 Å². The van der Waals surface area contributed by atoms with Gasteiger partial charge in [-0.25, -0.2) is 0 Å². The molecule has 0 heterocycles. The van der Waals surface area contributed by atoms with Gasteiger partial charge in [-0.2, -0.15) is 0 Å². The molecule has 2 nitrogen and oxygen atoms in total. The van der Waals surface area contributed by atoms with Gasteiger partial charge in [0.1, 0.15) is 0 Å². The Morgan fingerprint density at radius 3 is 2.71 bits per heavy atom. The summed E-state index contributed by atoms with van der Waals surface area (Å²) in [6, 6.07) is 0. The van der Waals surface area contributed by atoms with Crippen LogP contribution in [0.15, 0.2) is 0 Å². The Balaban J connectivity index is 1.69. The molecule has 0 spiro atoms. The van der Waals surface area contributed by atoms with Gasteiger partial charge < -0.3 is 10.6 Å². The molecule has 0 amide bonds. The van der Waals surface area contributed by atoms with Crippen LogP contribution in [0.1, 0.15) is 32.6 Å². The molecule has 0 aromatic carbocycles. The second kappa shape index (κ2) is 4.47. The Hall–Kier alpha value is -0.310. The molecule has 2 rings (SSSR count). The van der Waals surface area contributed by atoms with Gasteiger partial charge in [0, 0.05) is 13.1 Å². The molecule has 14 heavy (non-hydrogen) atoms. The first kappa shape index (κ1) is 10.2. The number of nitrogens with one attached hydrogen (secondary N) is 2. The van der Waals surface area contributed by atoms with Crippen LogP contribution in [0.25, 0.3) is 0 Å². The van der Waals surface area contributed by atoms with Crippen LogP contribution >= 0.6 is 12.2 Å². The van der Waals surface area contributed by atoms with Gasteiger partial charge in [0.05, 0.1) is 0 Å². The molecule has 0 aromatic rings. The van der Waals surface area contributed by atoms with Crippen molar-refractivity contribution in [3.8, 4) is 0 Å². The first-order valence-electron chi connectivity index (χ1n) is 5.81. The summed E-state index contributed by atoms with van der Waals surface area (Å²) in [7, 11) is 0. The highest BCUT2D eigenvalue weighted by molar-refractivity contribution is 7.80. The fourth-order valence-electron chi connectivity index (χ4n) is 3.07. The first-order valence-corrected chi connectivity index (χ1v) is 6.22. The lowest BCUT2D eigenvalue weighted by Crippen LogP contribution is -2.38. The van der Waals surface area contributed by atoms with Crippen molar-refractivity contribution < 1.29 is 0 Å². The highest BCUT2D eigenvalue weighted by Gasteiger charge is 2.39. The molecule has 3 unspecified atom stereocenters. The molecule has 0 aliphatic heterocycles. The zero-order valence-corrected chi connectivity index (χ0v) is 9.70. The molecule has 80 valence electrons. The average Bonchev–Trinajstić information content (AvgIpc) is 2.76. The second-order valence-corrected chi connectivity index (χ2v) is 5.08. The minimum atomic E-state index is 0.829. The van der Waals surface area contributed by atoms with E-state index in [1.54, 1.807) is 0 Å². The zero-order chi connectivity index (χ0) is 9.97. The van der Waals surface area contributed by atoms with E-state index in [2.05, 4.69) is 17.6 Å². The van der Waals surface area contributed by atoms with Crippen LogP contribution < -0.4 is 10.6 Å². The van der Waals surface area contributed by atoms with Gasteiger partial charge in [0.2, 0.25) is 0 Å². The van der Waals surface area contributed by atoms with Crippen LogP contribution in [0.2, 0.25) is 0 Å². The number of thiocarbonyl (C=S) groups is 1. The summed E-state index contributed by atoms with van der Waals surface area (Å²) in [4.78, 5) is 0.